The molecule has 0 aliphatic heterocycles. The van der Waals surface area contributed by atoms with Gasteiger partial charge in [-0.05, 0) is 36.4 Å². The summed E-state index contributed by atoms with van der Waals surface area (Å²) < 4.78 is 115. The zero-order valence-electron chi connectivity index (χ0n) is 13.7. The van der Waals surface area contributed by atoms with E-state index in [0.717, 1.165) is 0 Å². The van der Waals surface area contributed by atoms with E-state index in [1.165, 1.54) is 0 Å². The topological polar surface area (TPSA) is 61.4 Å². The number of carbonyl (C=O) groups is 1. The fourth-order valence-corrected chi connectivity index (χ4v) is 2.12. The monoisotopic (exact) mass is 432 g/mol. The largest absolute Gasteiger partial charge is 0.506 e. The molecule has 29 heavy (non-hydrogen) atoms. The Bertz CT molecular complexity index is 886. The zero-order valence-corrected chi connectivity index (χ0v) is 13.7. The Morgan fingerprint density at radius 2 is 1.17 bits per heavy atom. The fourth-order valence-electron chi connectivity index (χ4n) is 2.12. The van der Waals surface area contributed by atoms with Gasteiger partial charge in [0.1, 0.15) is 5.75 Å². The highest BCUT2D eigenvalue weighted by atomic mass is 19.4. The van der Waals surface area contributed by atoms with Crippen LogP contribution in [-0.2, 0) is 18.5 Å². The van der Waals surface area contributed by atoms with E-state index in [1.54, 1.807) is 10.6 Å². The van der Waals surface area contributed by atoms with Crippen LogP contribution in [0.3, 0.4) is 0 Å². The highest BCUT2D eigenvalue weighted by Gasteiger charge is 2.37. The summed E-state index contributed by atoms with van der Waals surface area (Å²) in [6, 6.07) is 0.212. The number of anilines is 2. The van der Waals surface area contributed by atoms with Crippen LogP contribution in [0.25, 0.3) is 0 Å². The molecule has 0 bridgehead atoms. The first-order valence-corrected chi connectivity index (χ1v) is 7.35. The first kappa shape index (κ1) is 22.2. The van der Waals surface area contributed by atoms with Crippen molar-refractivity contribution in [3.63, 3.8) is 0 Å². The second kappa shape index (κ2) is 7.37. The summed E-state index contributed by atoms with van der Waals surface area (Å²) in [7, 11) is 0. The van der Waals surface area contributed by atoms with Crippen molar-refractivity contribution in [2.75, 3.05) is 10.6 Å². The predicted molar refractivity (Wildman–Crippen MR) is 82.2 cm³/mol. The summed E-state index contributed by atoms with van der Waals surface area (Å²) in [5.41, 5.74) is -6.35. The minimum atomic E-state index is -5.16. The van der Waals surface area contributed by atoms with Crippen LogP contribution < -0.4 is 10.6 Å². The van der Waals surface area contributed by atoms with E-state index >= 15 is 0 Å². The van der Waals surface area contributed by atoms with Gasteiger partial charge in [0.05, 0.1) is 22.4 Å². The molecule has 4 nitrogen and oxygen atoms in total. The van der Waals surface area contributed by atoms with E-state index in [1.807, 2.05) is 0 Å². The van der Waals surface area contributed by atoms with Gasteiger partial charge in [-0.25, -0.2) is 4.79 Å². The van der Waals surface area contributed by atoms with Gasteiger partial charge < -0.3 is 15.7 Å². The lowest BCUT2D eigenvalue weighted by Crippen LogP contribution is -2.21. The van der Waals surface area contributed by atoms with Gasteiger partial charge in [0.2, 0.25) is 0 Å². The number of phenols is 1. The number of benzene rings is 2. The molecule has 0 unspecified atom stereocenters. The van der Waals surface area contributed by atoms with Gasteiger partial charge in [0.15, 0.2) is 0 Å². The number of carbonyl (C=O) groups excluding carboxylic acids is 1. The highest BCUT2D eigenvalue weighted by Crippen LogP contribution is 2.38. The molecular weight excluding hydrogens is 423 g/mol. The maximum Gasteiger partial charge on any atom is 0.416 e. The maximum absolute atomic E-state index is 12.8. The van der Waals surface area contributed by atoms with Crippen molar-refractivity contribution < 1.29 is 49.4 Å². The summed E-state index contributed by atoms with van der Waals surface area (Å²) in [6.07, 6.45) is -15.1. The van der Waals surface area contributed by atoms with E-state index in [2.05, 4.69) is 0 Å². The second-order valence-electron chi connectivity index (χ2n) is 5.60. The molecule has 2 aromatic carbocycles. The van der Waals surface area contributed by atoms with E-state index in [-0.39, 0.29) is 18.2 Å². The Hall–Kier alpha value is -3.12. The molecule has 3 N–H and O–H groups in total. The number of aromatic hydroxyl groups is 1. The number of amides is 2. The third-order valence-corrected chi connectivity index (χ3v) is 3.42. The van der Waals surface area contributed by atoms with Gasteiger partial charge in [-0.1, -0.05) is 0 Å². The standard InChI is InChI=1S/C16H9F9N2O2/c17-14(18,19)7-1-2-12(28)11(6-7)27-13(29)26-10-4-8(15(20,21)22)3-9(5-10)16(23,24)25/h1-6,28H,(H2,26,27,29). The van der Waals surface area contributed by atoms with E-state index < -0.39 is 58.4 Å². The lowest BCUT2D eigenvalue weighted by molar-refractivity contribution is -0.143. The van der Waals surface area contributed by atoms with Gasteiger partial charge >= 0.3 is 24.6 Å². The number of hydrogen-bond donors (Lipinski definition) is 3. The molecule has 2 rings (SSSR count). The molecule has 2 amide bonds. The van der Waals surface area contributed by atoms with E-state index in [9.17, 15) is 49.4 Å². The zero-order chi connectivity index (χ0) is 22.2. The normalized spacial score (nSPS) is 12.6. The minimum absolute atomic E-state index is 0.165. The minimum Gasteiger partial charge on any atom is -0.506 e. The number of phenolic OH excluding ortho intramolecular Hbond substituents is 1. The third kappa shape index (κ3) is 5.68. The summed E-state index contributed by atoms with van der Waals surface area (Å²) in [5.74, 6) is -0.812. The Morgan fingerprint density at radius 3 is 1.62 bits per heavy atom. The third-order valence-electron chi connectivity index (χ3n) is 3.42. The molecule has 0 fully saturated rings. The van der Waals surface area contributed by atoms with Gasteiger partial charge in [-0.3, -0.25) is 0 Å². The molecule has 0 atom stereocenters. The summed E-state index contributed by atoms with van der Waals surface area (Å²) >= 11 is 0. The number of rotatable bonds is 2. The van der Waals surface area contributed by atoms with Gasteiger partial charge in [0, 0.05) is 5.69 Å². The van der Waals surface area contributed by atoms with Gasteiger partial charge in [-0.2, -0.15) is 39.5 Å². The quantitative estimate of drug-likeness (QED) is 0.397. The van der Waals surface area contributed by atoms with Crippen molar-refractivity contribution in [2.24, 2.45) is 0 Å². The fraction of sp³-hybridized carbons (Fsp3) is 0.188. The molecule has 2 aromatic rings. The Morgan fingerprint density at radius 1 is 0.690 bits per heavy atom. The first-order chi connectivity index (χ1) is 13.1. The predicted octanol–water partition coefficient (Wildman–Crippen LogP) is 6.09. The Kier molecular flexibility index (Phi) is 5.63. The van der Waals surface area contributed by atoms with Crippen molar-refractivity contribution in [1.82, 2.24) is 0 Å². The van der Waals surface area contributed by atoms with Crippen LogP contribution in [0.2, 0.25) is 0 Å². The molecule has 158 valence electrons. The summed E-state index contributed by atoms with van der Waals surface area (Å²) in [5, 5.41) is 12.9. The molecule has 0 radical (unpaired) electrons. The molecule has 0 aliphatic carbocycles. The van der Waals surface area contributed by atoms with Crippen molar-refractivity contribution in [1.29, 1.82) is 0 Å². The number of alkyl halides is 9. The van der Waals surface area contributed by atoms with Crippen LogP contribution in [0.15, 0.2) is 36.4 Å². The van der Waals surface area contributed by atoms with E-state index in [4.69, 9.17) is 0 Å². The summed E-state index contributed by atoms with van der Waals surface area (Å²) in [4.78, 5) is 11.8. The molecule has 0 heterocycles. The molecule has 0 aromatic heterocycles. The summed E-state index contributed by atoms with van der Waals surface area (Å²) in [6.45, 7) is 0. The maximum atomic E-state index is 12.8. The molecule has 0 saturated heterocycles. The van der Waals surface area contributed by atoms with Crippen LogP contribution in [0.5, 0.6) is 5.75 Å². The smallest absolute Gasteiger partial charge is 0.416 e. The van der Waals surface area contributed by atoms with Crippen molar-refractivity contribution >= 4 is 17.4 Å². The molecule has 0 saturated carbocycles. The number of nitrogens with one attached hydrogen (secondary N) is 2. The van der Waals surface area contributed by atoms with Gasteiger partial charge in [0.25, 0.3) is 0 Å². The average Bonchev–Trinajstić information content (AvgIpc) is 2.53. The van der Waals surface area contributed by atoms with E-state index in [0.29, 0.717) is 18.2 Å². The first-order valence-electron chi connectivity index (χ1n) is 7.35. The van der Waals surface area contributed by atoms with Crippen molar-refractivity contribution in [3.8, 4) is 5.75 Å². The van der Waals surface area contributed by atoms with Crippen LogP contribution in [0, 0.1) is 0 Å². The number of urea groups is 1. The lowest BCUT2D eigenvalue weighted by Gasteiger charge is -2.15. The Labute approximate surface area is 155 Å². The SMILES string of the molecule is O=C(Nc1cc(C(F)(F)F)cc(C(F)(F)F)c1)Nc1cc(C(F)(F)F)ccc1O. The van der Waals surface area contributed by atoms with Crippen LogP contribution in [0.4, 0.5) is 55.7 Å². The van der Waals surface area contributed by atoms with Gasteiger partial charge in [-0.15, -0.1) is 0 Å². The molecule has 0 spiro atoms. The Balaban J connectivity index is 2.32. The molecular formula is C16H9F9N2O2. The van der Waals surface area contributed by atoms with Crippen LogP contribution in [-0.4, -0.2) is 11.1 Å². The second-order valence-corrected chi connectivity index (χ2v) is 5.60. The number of halogens is 9. The number of hydrogen-bond acceptors (Lipinski definition) is 2. The molecule has 0 aliphatic rings. The van der Waals surface area contributed by atoms with Crippen molar-refractivity contribution in [2.45, 2.75) is 18.5 Å². The average molecular weight is 432 g/mol. The molecule has 13 heteroatoms. The highest BCUT2D eigenvalue weighted by molar-refractivity contribution is 6.00. The van der Waals surface area contributed by atoms with Crippen molar-refractivity contribution in [3.05, 3.63) is 53.1 Å². The lowest BCUT2D eigenvalue weighted by atomic mass is 10.1. The van der Waals surface area contributed by atoms with Crippen LogP contribution in [0.1, 0.15) is 16.7 Å². The van der Waals surface area contributed by atoms with Crippen LogP contribution >= 0.6 is 0 Å².